The Balaban J connectivity index is 2.82. The van der Waals surface area contributed by atoms with E-state index < -0.39 is 35.9 Å². The third-order valence-electron chi connectivity index (χ3n) is 2.90. The van der Waals surface area contributed by atoms with Crippen molar-refractivity contribution in [1.82, 2.24) is 15.5 Å². The Morgan fingerprint density at radius 2 is 2.25 bits per heavy atom. The van der Waals surface area contributed by atoms with Crippen LogP contribution >= 0.6 is 0 Å². The van der Waals surface area contributed by atoms with Gasteiger partial charge in [0.25, 0.3) is 0 Å². The van der Waals surface area contributed by atoms with Crippen LogP contribution in [-0.2, 0) is 14.4 Å². The molecule has 1 heterocycles. The van der Waals surface area contributed by atoms with E-state index in [0.717, 1.165) is 4.90 Å². The number of nitrogens with zero attached hydrogens (tertiary/aromatic N) is 1. The lowest BCUT2D eigenvalue weighted by Gasteiger charge is -2.34. The predicted molar refractivity (Wildman–Crippen MR) is 68.7 cm³/mol. The normalized spacial score (nSPS) is 20.1. The first-order chi connectivity index (χ1) is 9.40. The number of rotatable bonds is 5. The maximum atomic E-state index is 12.0. The highest BCUT2D eigenvalue weighted by Gasteiger charge is 2.36. The molecule has 2 atom stereocenters. The van der Waals surface area contributed by atoms with Crippen molar-refractivity contribution >= 4 is 23.8 Å². The van der Waals surface area contributed by atoms with Gasteiger partial charge >= 0.3 is 12.0 Å². The van der Waals surface area contributed by atoms with E-state index >= 15 is 0 Å². The molecule has 0 bridgehead atoms. The number of carboxylic acid groups (broad SMARTS) is 1. The first-order valence-corrected chi connectivity index (χ1v) is 6.15. The topological polar surface area (TPSA) is 116 Å². The largest absolute Gasteiger partial charge is 0.480 e. The summed E-state index contributed by atoms with van der Waals surface area (Å²) in [6.07, 6.45) is 1.74. The Hall–Kier alpha value is -2.38. The summed E-state index contributed by atoms with van der Waals surface area (Å²) in [5.41, 5.74) is 0. The number of nitrogens with one attached hydrogen (secondary N) is 2. The number of hydrogen-bond acceptors (Lipinski definition) is 4. The van der Waals surface area contributed by atoms with E-state index in [0.29, 0.717) is 6.42 Å². The minimum Gasteiger partial charge on any atom is -0.480 e. The minimum atomic E-state index is -1.21. The van der Waals surface area contributed by atoms with Crippen LogP contribution in [0.5, 0.6) is 0 Å². The fraction of sp³-hybridized carbons (Fsp3) is 0.500. The van der Waals surface area contributed by atoms with Gasteiger partial charge in [-0.1, -0.05) is 13.0 Å². The summed E-state index contributed by atoms with van der Waals surface area (Å²) < 4.78 is 0. The van der Waals surface area contributed by atoms with Gasteiger partial charge < -0.3 is 15.3 Å². The third-order valence-corrected chi connectivity index (χ3v) is 2.90. The Morgan fingerprint density at radius 1 is 1.60 bits per heavy atom. The molecule has 0 spiro atoms. The Morgan fingerprint density at radius 3 is 2.75 bits per heavy atom. The maximum Gasteiger partial charge on any atom is 0.326 e. The lowest BCUT2D eigenvalue weighted by Crippen LogP contribution is -2.62. The van der Waals surface area contributed by atoms with Crippen LogP contribution in [-0.4, -0.2) is 52.4 Å². The van der Waals surface area contributed by atoms with Crippen LogP contribution in [0.3, 0.4) is 0 Å². The number of imide groups is 1. The summed E-state index contributed by atoms with van der Waals surface area (Å²) in [5.74, 6) is -2.36. The highest BCUT2D eigenvalue weighted by atomic mass is 16.4. The molecule has 3 N–H and O–H groups in total. The fourth-order valence-electron chi connectivity index (χ4n) is 1.91. The molecule has 0 aliphatic carbocycles. The van der Waals surface area contributed by atoms with Gasteiger partial charge in [-0.15, -0.1) is 6.58 Å². The number of carbonyl (C=O) groups excluding carboxylic acids is 3. The number of carboxylic acids is 1. The van der Waals surface area contributed by atoms with Crippen LogP contribution in [0.15, 0.2) is 12.7 Å². The standard InChI is InChI=1S/C12H17N3O5/c1-3-5-7(11(18)19)13-12(20)15-6-9(16)14-10(17)8(15)4-2/h3,7-8H,1,4-6H2,2H3,(H,13,20)(H,18,19)(H,14,16,17). The van der Waals surface area contributed by atoms with Crippen molar-refractivity contribution in [3.8, 4) is 0 Å². The first kappa shape index (κ1) is 15.7. The zero-order chi connectivity index (χ0) is 15.3. The number of urea groups is 1. The van der Waals surface area contributed by atoms with Gasteiger partial charge in [0.05, 0.1) is 0 Å². The number of aliphatic carboxylic acids is 1. The Labute approximate surface area is 115 Å². The van der Waals surface area contributed by atoms with Gasteiger partial charge in [0.1, 0.15) is 18.6 Å². The molecule has 1 saturated heterocycles. The highest BCUT2D eigenvalue weighted by molar-refractivity contribution is 6.04. The SMILES string of the molecule is C=CCC(NC(=O)N1CC(=O)NC(=O)C1CC)C(=O)O. The summed E-state index contributed by atoms with van der Waals surface area (Å²) in [6, 6.07) is -2.68. The average molecular weight is 283 g/mol. The maximum absolute atomic E-state index is 12.0. The van der Waals surface area contributed by atoms with Gasteiger partial charge in [0, 0.05) is 0 Å². The molecule has 4 amide bonds. The number of carbonyl (C=O) groups is 4. The molecule has 0 aromatic rings. The summed E-state index contributed by atoms with van der Waals surface area (Å²) in [5, 5.41) is 13.4. The first-order valence-electron chi connectivity index (χ1n) is 6.15. The molecule has 0 aromatic heterocycles. The number of hydrogen-bond donors (Lipinski definition) is 3. The quantitative estimate of drug-likeness (QED) is 0.463. The molecule has 0 radical (unpaired) electrons. The van der Waals surface area contributed by atoms with Gasteiger partial charge in [-0.25, -0.2) is 9.59 Å². The molecule has 110 valence electrons. The van der Waals surface area contributed by atoms with E-state index in [2.05, 4.69) is 17.2 Å². The molecule has 8 heteroatoms. The summed E-state index contributed by atoms with van der Waals surface area (Å²) in [6.45, 7) is 4.82. The van der Waals surface area contributed by atoms with Crippen molar-refractivity contribution in [3.63, 3.8) is 0 Å². The second kappa shape index (κ2) is 6.69. The van der Waals surface area contributed by atoms with E-state index in [4.69, 9.17) is 5.11 Å². The second-order valence-corrected chi connectivity index (χ2v) is 4.33. The molecule has 1 aliphatic heterocycles. The third kappa shape index (κ3) is 3.56. The number of piperazine rings is 1. The van der Waals surface area contributed by atoms with Crippen LogP contribution in [0.2, 0.25) is 0 Å². The zero-order valence-electron chi connectivity index (χ0n) is 11.1. The zero-order valence-corrected chi connectivity index (χ0v) is 11.1. The average Bonchev–Trinajstić information content (AvgIpc) is 2.37. The predicted octanol–water partition coefficient (Wildman–Crippen LogP) is -0.538. The fourth-order valence-corrected chi connectivity index (χ4v) is 1.91. The van der Waals surface area contributed by atoms with E-state index in [1.165, 1.54) is 6.08 Å². The molecule has 8 nitrogen and oxygen atoms in total. The van der Waals surface area contributed by atoms with Crippen molar-refractivity contribution in [1.29, 1.82) is 0 Å². The van der Waals surface area contributed by atoms with Crippen LogP contribution in [0.4, 0.5) is 4.79 Å². The van der Waals surface area contributed by atoms with Crippen molar-refractivity contribution in [2.24, 2.45) is 0 Å². The molecule has 1 aliphatic rings. The smallest absolute Gasteiger partial charge is 0.326 e. The summed E-state index contributed by atoms with van der Waals surface area (Å²) in [7, 11) is 0. The molecule has 20 heavy (non-hydrogen) atoms. The van der Waals surface area contributed by atoms with Crippen LogP contribution < -0.4 is 10.6 Å². The molecule has 2 unspecified atom stereocenters. The molecule has 1 fully saturated rings. The molecular weight excluding hydrogens is 266 g/mol. The summed E-state index contributed by atoms with van der Waals surface area (Å²) in [4.78, 5) is 47.0. The minimum absolute atomic E-state index is 0.0475. The molecule has 1 rings (SSSR count). The lowest BCUT2D eigenvalue weighted by atomic mass is 10.1. The van der Waals surface area contributed by atoms with Gasteiger partial charge in [-0.3, -0.25) is 14.9 Å². The molecule has 0 aromatic carbocycles. The van der Waals surface area contributed by atoms with Crippen molar-refractivity contribution in [2.45, 2.75) is 31.8 Å². The monoisotopic (exact) mass is 283 g/mol. The van der Waals surface area contributed by atoms with Gasteiger partial charge in [-0.05, 0) is 12.8 Å². The van der Waals surface area contributed by atoms with Crippen molar-refractivity contribution < 1.29 is 24.3 Å². The van der Waals surface area contributed by atoms with Crippen molar-refractivity contribution in [2.75, 3.05) is 6.54 Å². The number of amides is 4. The van der Waals surface area contributed by atoms with Crippen LogP contribution in [0.25, 0.3) is 0 Å². The van der Waals surface area contributed by atoms with Gasteiger partial charge in [0.15, 0.2) is 0 Å². The molecule has 0 saturated carbocycles. The Kier molecular flexibility index (Phi) is 5.24. The van der Waals surface area contributed by atoms with Gasteiger partial charge in [-0.2, -0.15) is 0 Å². The van der Waals surface area contributed by atoms with E-state index in [1.807, 2.05) is 0 Å². The van der Waals surface area contributed by atoms with Crippen molar-refractivity contribution in [3.05, 3.63) is 12.7 Å². The van der Waals surface area contributed by atoms with Crippen LogP contribution in [0.1, 0.15) is 19.8 Å². The van der Waals surface area contributed by atoms with Crippen LogP contribution in [0, 0.1) is 0 Å². The van der Waals surface area contributed by atoms with E-state index in [-0.39, 0.29) is 13.0 Å². The van der Waals surface area contributed by atoms with Gasteiger partial charge in [0.2, 0.25) is 11.8 Å². The Bertz CT molecular complexity index is 448. The lowest BCUT2D eigenvalue weighted by molar-refractivity contribution is -0.139. The second-order valence-electron chi connectivity index (χ2n) is 4.33. The highest BCUT2D eigenvalue weighted by Crippen LogP contribution is 2.10. The summed E-state index contributed by atoms with van der Waals surface area (Å²) >= 11 is 0. The molecular formula is C12H17N3O5. The van der Waals surface area contributed by atoms with E-state index in [9.17, 15) is 19.2 Å². The van der Waals surface area contributed by atoms with E-state index in [1.54, 1.807) is 6.92 Å².